The van der Waals surface area contributed by atoms with E-state index in [0.717, 1.165) is 18.8 Å². The fourth-order valence-corrected chi connectivity index (χ4v) is 3.00. The summed E-state index contributed by atoms with van der Waals surface area (Å²) in [6.45, 7) is 0. The Labute approximate surface area is 111 Å². The lowest BCUT2D eigenvalue weighted by molar-refractivity contribution is 0.0601. The third-order valence-corrected chi connectivity index (χ3v) is 4.09. The van der Waals surface area contributed by atoms with Crippen molar-refractivity contribution >= 4 is 11.7 Å². The molecular weight excluding hydrogens is 245 g/mol. The second-order valence-corrected chi connectivity index (χ2v) is 5.17. The molecule has 4 heteroatoms. The third kappa shape index (κ3) is 2.11. The van der Waals surface area contributed by atoms with Gasteiger partial charge in [-0.25, -0.2) is 9.18 Å². The molecule has 19 heavy (non-hydrogen) atoms. The summed E-state index contributed by atoms with van der Waals surface area (Å²) in [7, 11) is 1.30. The third-order valence-electron chi connectivity index (χ3n) is 4.09. The summed E-state index contributed by atoms with van der Waals surface area (Å²) in [5, 5.41) is 3.34. The zero-order valence-corrected chi connectivity index (χ0v) is 10.7. The zero-order valence-electron chi connectivity index (χ0n) is 10.7. The van der Waals surface area contributed by atoms with Crippen LogP contribution >= 0.6 is 0 Å². The van der Waals surface area contributed by atoms with Gasteiger partial charge in [-0.15, -0.1) is 0 Å². The first kappa shape index (κ1) is 12.2. The van der Waals surface area contributed by atoms with E-state index in [1.54, 1.807) is 6.07 Å². The number of halogens is 1. The van der Waals surface area contributed by atoms with Crippen molar-refractivity contribution in [3.05, 3.63) is 41.7 Å². The summed E-state index contributed by atoms with van der Waals surface area (Å²) >= 11 is 0. The van der Waals surface area contributed by atoms with E-state index in [9.17, 15) is 9.18 Å². The van der Waals surface area contributed by atoms with E-state index in [-0.39, 0.29) is 5.56 Å². The molecule has 0 aliphatic heterocycles. The number of hydrogen-bond acceptors (Lipinski definition) is 3. The SMILES string of the molecule is COC(=O)c1cc(F)ccc1NC1CC2CC=CC21. The Balaban J connectivity index is 1.80. The van der Waals surface area contributed by atoms with Crippen molar-refractivity contribution in [2.75, 3.05) is 12.4 Å². The molecule has 3 nitrogen and oxygen atoms in total. The highest BCUT2D eigenvalue weighted by Crippen LogP contribution is 2.44. The van der Waals surface area contributed by atoms with Gasteiger partial charge in [0.15, 0.2) is 0 Å². The molecule has 0 radical (unpaired) electrons. The standard InChI is InChI=1S/C15H16FNO2/c1-19-15(18)12-8-10(16)5-6-13(12)17-14-7-9-3-2-4-11(9)14/h2,4-6,8-9,11,14,17H,3,7H2,1H3. The summed E-state index contributed by atoms with van der Waals surface area (Å²) in [5.74, 6) is 0.327. The van der Waals surface area contributed by atoms with Crippen LogP contribution in [-0.2, 0) is 4.74 Å². The molecule has 1 fully saturated rings. The molecule has 1 saturated carbocycles. The Morgan fingerprint density at radius 1 is 1.47 bits per heavy atom. The lowest BCUT2D eigenvalue weighted by Gasteiger charge is -2.41. The van der Waals surface area contributed by atoms with Gasteiger partial charge in [-0.3, -0.25) is 0 Å². The smallest absolute Gasteiger partial charge is 0.340 e. The molecule has 0 spiro atoms. The number of carbonyl (C=O) groups is 1. The van der Waals surface area contributed by atoms with Crippen LogP contribution in [0.2, 0.25) is 0 Å². The average Bonchev–Trinajstić information content (AvgIpc) is 2.77. The molecule has 3 rings (SSSR count). The van der Waals surface area contributed by atoms with Crippen molar-refractivity contribution in [2.45, 2.75) is 18.9 Å². The summed E-state index contributed by atoms with van der Waals surface area (Å²) in [6.07, 6.45) is 6.68. The number of ether oxygens (including phenoxy) is 1. The van der Waals surface area contributed by atoms with Crippen molar-refractivity contribution < 1.29 is 13.9 Å². The monoisotopic (exact) mass is 261 g/mol. The predicted octanol–water partition coefficient (Wildman–Crippen LogP) is 2.99. The van der Waals surface area contributed by atoms with Gasteiger partial charge in [0.1, 0.15) is 5.82 Å². The van der Waals surface area contributed by atoms with E-state index < -0.39 is 11.8 Å². The van der Waals surface area contributed by atoms with Gasteiger partial charge in [-0.2, -0.15) is 0 Å². The van der Waals surface area contributed by atoms with Gasteiger partial charge in [0.05, 0.1) is 12.7 Å². The normalized spacial score (nSPS) is 27.6. The number of anilines is 1. The van der Waals surface area contributed by atoms with E-state index in [4.69, 9.17) is 4.74 Å². The first-order valence-corrected chi connectivity index (χ1v) is 6.50. The van der Waals surface area contributed by atoms with Crippen LogP contribution in [0.4, 0.5) is 10.1 Å². The van der Waals surface area contributed by atoms with Crippen LogP contribution in [0, 0.1) is 17.7 Å². The van der Waals surface area contributed by atoms with Gasteiger partial charge in [-0.1, -0.05) is 12.2 Å². The maximum Gasteiger partial charge on any atom is 0.340 e. The Morgan fingerprint density at radius 2 is 2.32 bits per heavy atom. The minimum atomic E-state index is -0.514. The lowest BCUT2D eigenvalue weighted by atomic mass is 9.71. The Bertz CT molecular complexity index is 541. The maximum absolute atomic E-state index is 13.2. The summed E-state index contributed by atoms with van der Waals surface area (Å²) in [5.41, 5.74) is 0.907. The van der Waals surface area contributed by atoms with E-state index >= 15 is 0 Å². The van der Waals surface area contributed by atoms with Crippen LogP contribution in [0.15, 0.2) is 30.4 Å². The summed E-state index contributed by atoms with van der Waals surface area (Å²) in [4.78, 5) is 11.7. The number of esters is 1. The molecule has 2 aliphatic rings. The number of nitrogens with one attached hydrogen (secondary N) is 1. The van der Waals surface area contributed by atoms with Crippen LogP contribution in [0.3, 0.4) is 0 Å². The van der Waals surface area contributed by atoms with Crippen LogP contribution in [0.25, 0.3) is 0 Å². The number of methoxy groups -OCH3 is 1. The number of carbonyl (C=O) groups excluding carboxylic acids is 1. The van der Waals surface area contributed by atoms with Gasteiger partial charge < -0.3 is 10.1 Å². The molecule has 2 aliphatic carbocycles. The Morgan fingerprint density at radius 3 is 3.05 bits per heavy atom. The zero-order chi connectivity index (χ0) is 13.4. The number of hydrogen-bond donors (Lipinski definition) is 1. The van der Waals surface area contributed by atoms with Crippen molar-refractivity contribution in [1.29, 1.82) is 0 Å². The van der Waals surface area contributed by atoms with Gasteiger partial charge in [0.25, 0.3) is 0 Å². The molecule has 0 saturated heterocycles. The van der Waals surface area contributed by atoms with Crippen LogP contribution in [0.5, 0.6) is 0 Å². The molecule has 0 heterocycles. The number of allylic oxidation sites excluding steroid dienone is 1. The van der Waals surface area contributed by atoms with Gasteiger partial charge >= 0.3 is 5.97 Å². The van der Waals surface area contributed by atoms with E-state index in [1.165, 1.54) is 19.2 Å². The minimum absolute atomic E-state index is 0.257. The van der Waals surface area contributed by atoms with Gasteiger partial charge in [0, 0.05) is 17.6 Å². The highest BCUT2D eigenvalue weighted by atomic mass is 19.1. The molecule has 1 aromatic carbocycles. The fraction of sp³-hybridized carbons (Fsp3) is 0.400. The number of fused-ring (bicyclic) bond motifs is 1. The van der Waals surface area contributed by atoms with E-state index in [2.05, 4.69) is 17.5 Å². The molecule has 0 amide bonds. The van der Waals surface area contributed by atoms with Crippen LogP contribution in [0.1, 0.15) is 23.2 Å². The molecular formula is C15H16FNO2. The van der Waals surface area contributed by atoms with Crippen LogP contribution in [-0.4, -0.2) is 19.1 Å². The maximum atomic E-state index is 13.2. The Hall–Kier alpha value is -1.84. The van der Waals surface area contributed by atoms with Crippen molar-refractivity contribution in [3.63, 3.8) is 0 Å². The molecule has 3 atom stereocenters. The molecule has 100 valence electrons. The minimum Gasteiger partial charge on any atom is -0.465 e. The van der Waals surface area contributed by atoms with Crippen LogP contribution < -0.4 is 5.32 Å². The lowest BCUT2D eigenvalue weighted by Crippen LogP contribution is -2.43. The topological polar surface area (TPSA) is 38.3 Å². The highest BCUT2D eigenvalue weighted by Gasteiger charge is 2.41. The molecule has 3 unspecified atom stereocenters. The first-order valence-electron chi connectivity index (χ1n) is 6.50. The molecule has 0 bridgehead atoms. The largest absolute Gasteiger partial charge is 0.465 e. The van der Waals surface area contributed by atoms with E-state index in [1.807, 2.05) is 0 Å². The molecule has 1 aromatic rings. The highest BCUT2D eigenvalue weighted by molar-refractivity contribution is 5.95. The predicted molar refractivity (Wildman–Crippen MR) is 70.5 cm³/mol. The summed E-state index contributed by atoms with van der Waals surface area (Å²) in [6, 6.07) is 4.51. The van der Waals surface area contributed by atoms with Gasteiger partial charge in [-0.05, 0) is 37.0 Å². The van der Waals surface area contributed by atoms with Gasteiger partial charge in [0.2, 0.25) is 0 Å². The summed E-state index contributed by atoms with van der Waals surface area (Å²) < 4.78 is 17.9. The van der Waals surface area contributed by atoms with Crippen molar-refractivity contribution in [2.24, 2.45) is 11.8 Å². The second-order valence-electron chi connectivity index (χ2n) is 5.17. The number of benzene rings is 1. The van der Waals surface area contributed by atoms with Crippen molar-refractivity contribution in [1.82, 2.24) is 0 Å². The second kappa shape index (κ2) is 4.68. The molecule has 0 aromatic heterocycles. The van der Waals surface area contributed by atoms with E-state index in [0.29, 0.717) is 17.6 Å². The van der Waals surface area contributed by atoms with Crippen molar-refractivity contribution in [3.8, 4) is 0 Å². The average molecular weight is 261 g/mol. The quantitative estimate of drug-likeness (QED) is 0.671. The Kier molecular flexibility index (Phi) is 3.01. The number of rotatable bonds is 3. The first-order chi connectivity index (χ1) is 9.19. The fourth-order valence-electron chi connectivity index (χ4n) is 3.00. The molecule has 1 N–H and O–H groups in total.